The minimum Gasteiger partial charge on any atom is -0.507 e. The van der Waals surface area contributed by atoms with Gasteiger partial charge in [0, 0.05) is 11.2 Å². The van der Waals surface area contributed by atoms with E-state index in [0.29, 0.717) is 10.8 Å². The number of aliphatic imine (C=N–C) groups is 1. The lowest BCUT2D eigenvalue weighted by Crippen LogP contribution is -1.87. The van der Waals surface area contributed by atoms with Crippen LogP contribution in [0.15, 0.2) is 41.4 Å². The summed E-state index contributed by atoms with van der Waals surface area (Å²) in [5.41, 5.74) is 3.53. The summed E-state index contributed by atoms with van der Waals surface area (Å²) in [5, 5.41) is 10.4. The van der Waals surface area contributed by atoms with Crippen molar-refractivity contribution < 1.29 is 5.11 Å². The van der Waals surface area contributed by atoms with E-state index in [1.54, 1.807) is 6.21 Å². The van der Waals surface area contributed by atoms with E-state index in [2.05, 4.69) is 4.99 Å². The Morgan fingerprint density at radius 2 is 1.61 bits per heavy atom. The highest BCUT2D eigenvalue weighted by Crippen LogP contribution is 2.22. The lowest BCUT2D eigenvalue weighted by molar-refractivity contribution is 0.467. The number of benzene rings is 2. The average molecular weight is 260 g/mol. The Kier molecular flexibility index (Phi) is 3.68. The van der Waals surface area contributed by atoms with E-state index in [1.807, 2.05) is 50.2 Å². The molecule has 0 aromatic heterocycles. The molecule has 0 heterocycles. The number of hydrogen-bond donors (Lipinski definition) is 1. The zero-order chi connectivity index (χ0) is 13.1. The highest BCUT2D eigenvalue weighted by molar-refractivity contribution is 6.30. The summed E-state index contributed by atoms with van der Waals surface area (Å²) in [4.78, 5) is 4.36. The summed E-state index contributed by atoms with van der Waals surface area (Å²) in [6.07, 6.45) is 1.78. The minimum atomic E-state index is 0.346. The van der Waals surface area contributed by atoms with Gasteiger partial charge in [0.15, 0.2) is 0 Å². The molecule has 92 valence electrons. The highest BCUT2D eigenvalue weighted by Gasteiger charge is 2.01. The molecule has 0 saturated heterocycles. The third-order valence-corrected chi connectivity index (χ3v) is 2.95. The van der Waals surface area contributed by atoms with Gasteiger partial charge >= 0.3 is 0 Å². The summed E-state index contributed by atoms with van der Waals surface area (Å²) in [7, 11) is 0. The molecular formula is C15H14ClNO. The van der Waals surface area contributed by atoms with Gasteiger partial charge in [0.2, 0.25) is 0 Å². The number of aryl methyl sites for hydroxylation is 2. The van der Waals surface area contributed by atoms with Gasteiger partial charge in [-0.15, -0.1) is 0 Å². The van der Waals surface area contributed by atoms with E-state index >= 15 is 0 Å². The Morgan fingerprint density at radius 1 is 1.06 bits per heavy atom. The minimum absolute atomic E-state index is 0.346. The van der Waals surface area contributed by atoms with E-state index < -0.39 is 0 Å². The molecule has 18 heavy (non-hydrogen) atoms. The Hall–Kier alpha value is -1.80. The van der Waals surface area contributed by atoms with E-state index in [4.69, 9.17) is 11.6 Å². The first-order valence-electron chi connectivity index (χ1n) is 5.66. The third-order valence-electron chi connectivity index (χ3n) is 2.70. The topological polar surface area (TPSA) is 32.6 Å². The van der Waals surface area contributed by atoms with Crippen LogP contribution in [0.2, 0.25) is 5.02 Å². The number of rotatable bonds is 2. The molecular weight excluding hydrogens is 246 g/mol. The van der Waals surface area contributed by atoms with Crippen LogP contribution in [-0.4, -0.2) is 11.3 Å². The fourth-order valence-electron chi connectivity index (χ4n) is 1.74. The molecule has 0 fully saturated rings. The zero-order valence-corrected chi connectivity index (χ0v) is 11.1. The van der Waals surface area contributed by atoms with Crippen LogP contribution in [0.5, 0.6) is 5.75 Å². The molecule has 2 rings (SSSR count). The molecule has 0 amide bonds. The van der Waals surface area contributed by atoms with E-state index in [-0.39, 0.29) is 0 Å². The molecule has 0 atom stereocenters. The van der Waals surface area contributed by atoms with Crippen LogP contribution in [-0.2, 0) is 0 Å². The summed E-state index contributed by atoms with van der Waals surface area (Å²) in [5.74, 6) is 0.346. The fourth-order valence-corrected chi connectivity index (χ4v) is 1.87. The average Bonchev–Trinajstić information content (AvgIpc) is 2.35. The van der Waals surface area contributed by atoms with Gasteiger partial charge in [-0.25, -0.2) is 0 Å². The monoisotopic (exact) mass is 259 g/mol. The SMILES string of the molecule is Cc1cc(C=Nc2ccc(Cl)cc2)cc(C)c1O. The first-order chi connectivity index (χ1) is 8.56. The molecule has 0 spiro atoms. The molecule has 3 heteroatoms. The second-order valence-electron chi connectivity index (χ2n) is 4.24. The molecule has 0 bridgehead atoms. The third kappa shape index (κ3) is 2.90. The van der Waals surface area contributed by atoms with Crippen molar-refractivity contribution >= 4 is 23.5 Å². The number of aromatic hydroxyl groups is 1. The van der Waals surface area contributed by atoms with Gasteiger partial charge < -0.3 is 5.11 Å². The van der Waals surface area contributed by atoms with Gasteiger partial charge in [-0.2, -0.15) is 0 Å². The van der Waals surface area contributed by atoms with Crippen molar-refractivity contribution in [3.8, 4) is 5.75 Å². The van der Waals surface area contributed by atoms with Crippen molar-refractivity contribution in [2.45, 2.75) is 13.8 Å². The summed E-state index contributed by atoms with van der Waals surface area (Å²) in [6, 6.07) is 11.1. The van der Waals surface area contributed by atoms with Crippen LogP contribution in [0.3, 0.4) is 0 Å². The van der Waals surface area contributed by atoms with Gasteiger partial charge in [0.1, 0.15) is 5.75 Å². The van der Waals surface area contributed by atoms with Gasteiger partial charge in [0.05, 0.1) is 5.69 Å². The standard InChI is InChI=1S/C15H14ClNO/c1-10-7-12(8-11(2)15(10)18)9-17-14-5-3-13(16)4-6-14/h3-9,18H,1-2H3. The van der Waals surface area contributed by atoms with Crippen LogP contribution in [0.25, 0.3) is 0 Å². The molecule has 0 saturated carbocycles. The molecule has 0 aliphatic rings. The number of phenolic OH excluding ortho intramolecular Hbond substituents is 1. The maximum Gasteiger partial charge on any atom is 0.121 e. The van der Waals surface area contributed by atoms with E-state index in [1.165, 1.54) is 0 Å². The Labute approximate surface area is 112 Å². The normalized spacial score (nSPS) is 11.1. The zero-order valence-electron chi connectivity index (χ0n) is 10.3. The smallest absolute Gasteiger partial charge is 0.121 e. The number of phenols is 1. The second kappa shape index (κ2) is 5.23. The quantitative estimate of drug-likeness (QED) is 0.796. The van der Waals surface area contributed by atoms with Crippen molar-refractivity contribution in [3.05, 3.63) is 58.1 Å². The lowest BCUT2D eigenvalue weighted by Gasteiger charge is -2.04. The molecule has 0 aliphatic carbocycles. The Morgan fingerprint density at radius 3 is 2.17 bits per heavy atom. The maximum atomic E-state index is 9.69. The van der Waals surface area contributed by atoms with Crippen LogP contribution >= 0.6 is 11.6 Å². The largest absolute Gasteiger partial charge is 0.507 e. The Bertz CT molecular complexity index is 565. The van der Waals surface area contributed by atoms with Crippen LogP contribution in [0.1, 0.15) is 16.7 Å². The van der Waals surface area contributed by atoms with Crippen LogP contribution in [0.4, 0.5) is 5.69 Å². The predicted molar refractivity (Wildman–Crippen MR) is 76.3 cm³/mol. The molecule has 1 N–H and O–H groups in total. The molecule has 0 unspecified atom stereocenters. The van der Waals surface area contributed by atoms with Gasteiger partial charge in [0.25, 0.3) is 0 Å². The number of nitrogens with zero attached hydrogens (tertiary/aromatic N) is 1. The van der Waals surface area contributed by atoms with Crippen molar-refractivity contribution in [1.82, 2.24) is 0 Å². The fraction of sp³-hybridized carbons (Fsp3) is 0.133. The summed E-state index contributed by atoms with van der Waals surface area (Å²) >= 11 is 5.81. The van der Waals surface area contributed by atoms with Crippen molar-refractivity contribution in [3.63, 3.8) is 0 Å². The van der Waals surface area contributed by atoms with Crippen molar-refractivity contribution in [2.75, 3.05) is 0 Å². The number of halogens is 1. The maximum absolute atomic E-state index is 9.69. The van der Waals surface area contributed by atoms with Gasteiger partial charge in [-0.1, -0.05) is 11.6 Å². The molecule has 2 aromatic carbocycles. The van der Waals surface area contributed by atoms with Gasteiger partial charge in [-0.3, -0.25) is 4.99 Å². The first kappa shape index (κ1) is 12.7. The molecule has 2 aromatic rings. The van der Waals surface area contributed by atoms with Gasteiger partial charge in [-0.05, 0) is 66.9 Å². The van der Waals surface area contributed by atoms with Crippen LogP contribution < -0.4 is 0 Å². The first-order valence-corrected chi connectivity index (χ1v) is 6.04. The van der Waals surface area contributed by atoms with Crippen molar-refractivity contribution in [2.24, 2.45) is 4.99 Å². The van der Waals surface area contributed by atoms with E-state index in [0.717, 1.165) is 22.4 Å². The summed E-state index contributed by atoms with van der Waals surface area (Å²) in [6.45, 7) is 3.75. The van der Waals surface area contributed by atoms with E-state index in [9.17, 15) is 5.11 Å². The highest BCUT2D eigenvalue weighted by atomic mass is 35.5. The lowest BCUT2D eigenvalue weighted by atomic mass is 10.1. The summed E-state index contributed by atoms with van der Waals surface area (Å²) < 4.78 is 0. The Balaban J connectivity index is 2.26. The predicted octanol–water partition coefficient (Wildman–Crippen LogP) is 4.41. The number of hydrogen-bond acceptors (Lipinski definition) is 2. The second-order valence-corrected chi connectivity index (χ2v) is 4.67. The molecule has 0 radical (unpaired) electrons. The molecule has 0 aliphatic heterocycles. The van der Waals surface area contributed by atoms with Crippen LogP contribution in [0, 0.1) is 13.8 Å². The van der Waals surface area contributed by atoms with Crippen molar-refractivity contribution in [1.29, 1.82) is 0 Å². The molecule has 2 nitrogen and oxygen atoms in total.